The van der Waals surface area contributed by atoms with Crippen molar-refractivity contribution in [3.8, 4) is 0 Å². The number of rotatable bonds is 4. The molecule has 0 fully saturated rings. The van der Waals surface area contributed by atoms with E-state index < -0.39 is 12.2 Å². The number of nitrogens with one attached hydrogen (secondary N) is 1. The number of aliphatic imine (C=N–C) groups is 1. The lowest BCUT2D eigenvalue weighted by atomic mass is 10.00. The van der Waals surface area contributed by atoms with Crippen LogP contribution in [-0.4, -0.2) is 17.5 Å². The van der Waals surface area contributed by atoms with E-state index in [2.05, 4.69) is 15.5 Å². The molecular formula is C18H18ClN3O3. The molecule has 0 aliphatic carbocycles. The number of benzene rings is 1. The molecule has 0 radical (unpaired) electrons. The molecule has 7 heteroatoms. The minimum absolute atomic E-state index is 0.0185. The Hall–Kier alpha value is -2.60. The van der Waals surface area contributed by atoms with Crippen LogP contribution >= 0.6 is 11.6 Å². The number of hydrogen-bond donors (Lipinski definition) is 1. The van der Waals surface area contributed by atoms with Gasteiger partial charge in [-0.25, -0.2) is 4.79 Å². The Labute approximate surface area is 150 Å². The topological polar surface area (TPSA) is 76.7 Å². The fourth-order valence-corrected chi connectivity index (χ4v) is 2.90. The molecular weight excluding hydrogens is 342 g/mol. The second-order valence-corrected chi connectivity index (χ2v) is 6.12. The molecule has 1 aromatic heterocycles. The van der Waals surface area contributed by atoms with Crippen LogP contribution in [0.15, 0.2) is 46.1 Å². The largest absolute Gasteiger partial charge is 0.441 e. The third-order valence-electron chi connectivity index (χ3n) is 3.95. The Balaban J connectivity index is 1.71. The molecule has 0 saturated heterocycles. The maximum absolute atomic E-state index is 12.3. The van der Waals surface area contributed by atoms with Gasteiger partial charge in [0.1, 0.15) is 17.5 Å². The van der Waals surface area contributed by atoms with Crippen LogP contribution < -0.4 is 5.32 Å². The molecule has 0 saturated carbocycles. The van der Waals surface area contributed by atoms with E-state index >= 15 is 0 Å². The highest BCUT2D eigenvalue weighted by Gasteiger charge is 2.24. The van der Waals surface area contributed by atoms with E-state index in [4.69, 9.17) is 20.9 Å². The van der Waals surface area contributed by atoms with E-state index in [1.807, 2.05) is 24.3 Å². The van der Waals surface area contributed by atoms with Gasteiger partial charge < -0.3 is 9.26 Å². The molecule has 1 amide bonds. The quantitative estimate of drug-likeness (QED) is 0.831. The normalized spacial score (nSPS) is 17.3. The van der Waals surface area contributed by atoms with Crippen molar-refractivity contribution in [1.29, 1.82) is 0 Å². The van der Waals surface area contributed by atoms with Gasteiger partial charge >= 0.3 is 6.09 Å². The number of ether oxygens (including phenoxy) is 1. The van der Waals surface area contributed by atoms with Crippen LogP contribution in [0.2, 0.25) is 5.02 Å². The summed E-state index contributed by atoms with van der Waals surface area (Å²) in [6, 6.07) is 7.25. The highest BCUT2D eigenvalue weighted by molar-refractivity contribution is 6.31. The predicted molar refractivity (Wildman–Crippen MR) is 96.2 cm³/mol. The van der Waals surface area contributed by atoms with Crippen LogP contribution in [0.5, 0.6) is 0 Å². The van der Waals surface area contributed by atoms with Crippen LogP contribution in [0.4, 0.5) is 10.5 Å². The van der Waals surface area contributed by atoms with E-state index in [1.165, 1.54) is 0 Å². The Bertz CT molecular complexity index is 829. The minimum Gasteiger partial charge on any atom is -0.441 e. The summed E-state index contributed by atoms with van der Waals surface area (Å²) in [4.78, 5) is 16.3. The Morgan fingerprint density at radius 1 is 1.44 bits per heavy atom. The molecule has 6 nitrogen and oxygen atoms in total. The Kier molecular flexibility index (Phi) is 5.19. The third-order valence-corrected chi connectivity index (χ3v) is 4.29. The van der Waals surface area contributed by atoms with Crippen molar-refractivity contribution in [2.24, 2.45) is 4.99 Å². The standard InChI is InChI=1S/C18H18ClN3O3/c1-11-16(17(25-22-11)13-7-9-20-10-8-13)21-18(23)24-12(2)14-5-3-4-6-15(14)19/h3-7,9-10,12-13H,8H2,1-2H3,(H,21,23). The Morgan fingerprint density at radius 2 is 2.24 bits per heavy atom. The van der Waals surface area contributed by atoms with Gasteiger partial charge in [-0.05, 0) is 26.3 Å². The summed E-state index contributed by atoms with van der Waals surface area (Å²) in [5, 5.41) is 7.24. The van der Waals surface area contributed by atoms with E-state index in [0.717, 1.165) is 5.56 Å². The van der Waals surface area contributed by atoms with Crippen molar-refractivity contribution in [3.63, 3.8) is 0 Å². The molecule has 2 atom stereocenters. The molecule has 130 valence electrons. The Morgan fingerprint density at radius 3 is 2.96 bits per heavy atom. The van der Waals surface area contributed by atoms with Crippen molar-refractivity contribution < 1.29 is 14.1 Å². The summed E-state index contributed by atoms with van der Waals surface area (Å²) in [6.45, 7) is 3.53. The van der Waals surface area contributed by atoms with Gasteiger partial charge in [-0.2, -0.15) is 0 Å². The highest BCUT2D eigenvalue weighted by Crippen LogP contribution is 2.32. The fraction of sp³-hybridized carbons (Fsp3) is 0.278. The summed E-state index contributed by atoms with van der Waals surface area (Å²) in [7, 11) is 0. The maximum Gasteiger partial charge on any atom is 0.412 e. The summed E-state index contributed by atoms with van der Waals surface area (Å²) in [5.74, 6) is 0.567. The fourth-order valence-electron chi connectivity index (χ4n) is 2.61. The van der Waals surface area contributed by atoms with Gasteiger partial charge in [0.05, 0.1) is 0 Å². The lowest BCUT2D eigenvalue weighted by Gasteiger charge is -2.16. The van der Waals surface area contributed by atoms with Gasteiger partial charge in [0.15, 0.2) is 5.76 Å². The summed E-state index contributed by atoms with van der Waals surface area (Å²) < 4.78 is 10.8. The van der Waals surface area contributed by atoms with Crippen LogP contribution in [-0.2, 0) is 4.74 Å². The minimum atomic E-state index is -0.589. The average Bonchev–Trinajstić information content (AvgIpc) is 2.96. The number of allylic oxidation sites excluding steroid dienone is 1. The number of nitrogens with zero attached hydrogens (tertiary/aromatic N) is 2. The SMILES string of the molecule is Cc1noc(C2C=CN=CC2)c1NC(=O)OC(C)c1ccccc1Cl. The zero-order valence-electron chi connectivity index (χ0n) is 13.9. The zero-order valence-corrected chi connectivity index (χ0v) is 14.7. The molecule has 2 heterocycles. The first-order valence-electron chi connectivity index (χ1n) is 7.92. The van der Waals surface area contributed by atoms with E-state index in [1.54, 1.807) is 32.3 Å². The summed E-state index contributed by atoms with van der Waals surface area (Å²) >= 11 is 6.14. The monoisotopic (exact) mass is 359 g/mol. The van der Waals surface area contributed by atoms with Crippen molar-refractivity contribution in [3.05, 3.63) is 58.6 Å². The molecule has 0 spiro atoms. The molecule has 25 heavy (non-hydrogen) atoms. The van der Waals surface area contributed by atoms with Crippen LogP contribution in [0.25, 0.3) is 0 Å². The molecule has 0 bridgehead atoms. The zero-order chi connectivity index (χ0) is 17.8. The number of halogens is 1. The summed E-state index contributed by atoms with van der Waals surface area (Å²) in [5.41, 5.74) is 1.86. The van der Waals surface area contributed by atoms with Crippen molar-refractivity contribution in [1.82, 2.24) is 5.16 Å². The molecule has 1 aromatic carbocycles. The molecule has 1 aliphatic heterocycles. The number of carbonyl (C=O) groups excluding carboxylic acids is 1. The second kappa shape index (κ2) is 7.53. The summed E-state index contributed by atoms with van der Waals surface area (Å²) in [6.07, 6.45) is 5.01. The molecule has 1 aliphatic rings. The molecule has 1 N–H and O–H groups in total. The van der Waals surface area contributed by atoms with E-state index in [9.17, 15) is 4.79 Å². The number of aromatic nitrogens is 1. The van der Waals surface area contributed by atoms with E-state index in [0.29, 0.717) is 28.6 Å². The average molecular weight is 360 g/mol. The second-order valence-electron chi connectivity index (χ2n) is 5.72. The predicted octanol–water partition coefficient (Wildman–Crippen LogP) is 5.02. The van der Waals surface area contributed by atoms with Gasteiger partial charge in [-0.1, -0.05) is 41.0 Å². The van der Waals surface area contributed by atoms with Crippen LogP contribution in [0, 0.1) is 6.92 Å². The van der Waals surface area contributed by atoms with Gasteiger partial charge in [0.2, 0.25) is 0 Å². The number of hydrogen-bond acceptors (Lipinski definition) is 5. The lowest BCUT2D eigenvalue weighted by Crippen LogP contribution is -2.17. The first-order valence-corrected chi connectivity index (χ1v) is 8.30. The van der Waals surface area contributed by atoms with Crippen molar-refractivity contribution in [2.75, 3.05) is 5.32 Å². The third kappa shape index (κ3) is 3.91. The highest BCUT2D eigenvalue weighted by atomic mass is 35.5. The first-order chi connectivity index (χ1) is 12.1. The smallest absolute Gasteiger partial charge is 0.412 e. The van der Waals surface area contributed by atoms with Gasteiger partial charge in [0.25, 0.3) is 0 Å². The van der Waals surface area contributed by atoms with Gasteiger partial charge in [0, 0.05) is 28.9 Å². The molecule has 2 unspecified atom stereocenters. The molecule has 3 rings (SSSR count). The lowest BCUT2D eigenvalue weighted by molar-refractivity contribution is 0.121. The number of anilines is 1. The van der Waals surface area contributed by atoms with Crippen molar-refractivity contribution in [2.45, 2.75) is 32.3 Å². The number of carbonyl (C=O) groups is 1. The van der Waals surface area contributed by atoms with Gasteiger partial charge in [-0.15, -0.1) is 0 Å². The first kappa shape index (κ1) is 17.2. The van der Waals surface area contributed by atoms with E-state index in [-0.39, 0.29) is 5.92 Å². The van der Waals surface area contributed by atoms with Crippen LogP contribution in [0.3, 0.4) is 0 Å². The van der Waals surface area contributed by atoms with Gasteiger partial charge in [-0.3, -0.25) is 10.3 Å². The molecule has 2 aromatic rings. The van der Waals surface area contributed by atoms with Crippen molar-refractivity contribution >= 4 is 29.6 Å². The number of aryl methyl sites for hydroxylation is 1. The maximum atomic E-state index is 12.3. The number of amides is 1. The van der Waals surface area contributed by atoms with Crippen LogP contribution in [0.1, 0.15) is 42.4 Å².